The van der Waals surface area contributed by atoms with Crippen LogP contribution in [0, 0.1) is 0 Å². The van der Waals surface area contributed by atoms with E-state index in [0.29, 0.717) is 0 Å². The standard InChI is InChI=1S/C9H17NO6.C2H6/c1-16-8(15)3-2-7(14)10-9(4-11,5-12)6-13;1-2/h11-13H,2-6H2,1H3,(H,10,14);1-2H3. The SMILES string of the molecule is CC.COC(=O)CCC(=O)NC(CO)(CO)CO. The lowest BCUT2D eigenvalue weighted by Gasteiger charge is -2.28. The Labute approximate surface area is 107 Å². The van der Waals surface area contributed by atoms with Gasteiger partial charge in [-0.1, -0.05) is 13.8 Å². The van der Waals surface area contributed by atoms with Crippen LogP contribution in [0.3, 0.4) is 0 Å². The van der Waals surface area contributed by atoms with Crippen LogP contribution in [0.2, 0.25) is 0 Å². The number of carbonyl (C=O) groups is 2. The second-order valence-corrected chi connectivity index (χ2v) is 3.38. The van der Waals surface area contributed by atoms with Crippen LogP contribution in [0.4, 0.5) is 0 Å². The van der Waals surface area contributed by atoms with E-state index in [4.69, 9.17) is 15.3 Å². The lowest BCUT2D eigenvalue weighted by molar-refractivity contribution is -0.142. The molecule has 0 aliphatic carbocycles. The van der Waals surface area contributed by atoms with Crippen LogP contribution in [0.5, 0.6) is 0 Å². The first-order valence-electron chi connectivity index (χ1n) is 5.74. The van der Waals surface area contributed by atoms with Crippen molar-refractivity contribution in [3.8, 4) is 0 Å². The highest BCUT2D eigenvalue weighted by Crippen LogP contribution is 2.03. The Morgan fingerprint density at radius 1 is 1.06 bits per heavy atom. The lowest BCUT2D eigenvalue weighted by Crippen LogP contribution is -2.57. The minimum Gasteiger partial charge on any atom is -0.469 e. The summed E-state index contributed by atoms with van der Waals surface area (Å²) in [7, 11) is 1.21. The summed E-state index contributed by atoms with van der Waals surface area (Å²) in [6, 6.07) is 0. The number of rotatable bonds is 7. The largest absolute Gasteiger partial charge is 0.469 e. The van der Waals surface area contributed by atoms with Crippen molar-refractivity contribution in [1.82, 2.24) is 5.32 Å². The Morgan fingerprint density at radius 3 is 1.83 bits per heavy atom. The minimum absolute atomic E-state index is 0.0965. The summed E-state index contributed by atoms with van der Waals surface area (Å²) < 4.78 is 4.34. The molecule has 0 fully saturated rings. The molecular formula is C11H23NO6. The van der Waals surface area contributed by atoms with E-state index in [1.807, 2.05) is 13.8 Å². The molecule has 18 heavy (non-hydrogen) atoms. The van der Waals surface area contributed by atoms with Crippen LogP contribution < -0.4 is 5.32 Å². The first kappa shape index (κ1) is 19.2. The van der Waals surface area contributed by atoms with Crippen LogP contribution in [0.25, 0.3) is 0 Å². The molecule has 108 valence electrons. The molecule has 0 aromatic heterocycles. The Hall–Kier alpha value is -1.18. The summed E-state index contributed by atoms with van der Waals surface area (Å²) in [5.74, 6) is -1.08. The van der Waals surface area contributed by atoms with Gasteiger partial charge >= 0.3 is 5.97 Å². The molecule has 1 amide bonds. The normalized spacial score (nSPS) is 10.1. The van der Waals surface area contributed by atoms with Gasteiger partial charge in [-0.25, -0.2) is 0 Å². The number of aliphatic hydroxyl groups is 3. The molecule has 0 aromatic carbocycles. The maximum Gasteiger partial charge on any atom is 0.306 e. The van der Waals surface area contributed by atoms with Gasteiger partial charge in [0.1, 0.15) is 5.54 Å². The first-order chi connectivity index (χ1) is 8.53. The number of esters is 1. The number of hydrogen-bond donors (Lipinski definition) is 4. The Kier molecular flexibility index (Phi) is 11.7. The molecule has 0 spiro atoms. The number of carbonyl (C=O) groups excluding carboxylic acids is 2. The van der Waals surface area contributed by atoms with Crippen LogP contribution >= 0.6 is 0 Å². The van der Waals surface area contributed by atoms with Gasteiger partial charge in [-0.05, 0) is 0 Å². The zero-order valence-corrected chi connectivity index (χ0v) is 11.1. The van der Waals surface area contributed by atoms with Gasteiger partial charge in [-0.2, -0.15) is 0 Å². The third kappa shape index (κ3) is 7.21. The van der Waals surface area contributed by atoms with E-state index in [1.165, 1.54) is 7.11 Å². The van der Waals surface area contributed by atoms with Gasteiger partial charge in [0.2, 0.25) is 5.91 Å². The lowest BCUT2D eigenvalue weighted by atomic mass is 10.0. The van der Waals surface area contributed by atoms with Gasteiger partial charge in [0.15, 0.2) is 0 Å². The van der Waals surface area contributed by atoms with Crippen molar-refractivity contribution < 1.29 is 29.6 Å². The molecule has 0 saturated heterocycles. The van der Waals surface area contributed by atoms with Gasteiger partial charge in [0, 0.05) is 6.42 Å². The molecular weight excluding hydrogens is 242 g/mol. The average molecular weight is 265 g/mol. The quantitative estimate of drug-likeness (QED) is 0.430. The summed E-state index contributed by atoms with van der Waals surface area (Å²) >= 11 is 0. The van der Waals surface area contributed by atoms with E-state index in [2.05, 4.69) is 10.1 Å². The molecule has 0 heterocycles. The van der Waals surface area contributed by atoms with Crippen LogP contribution in [-0.4, -0.2) is 59.7 Å². The molecule has 0 rings (SSSR count). The minimum atomic E-state index is -1.45. The topological polar surface area (TPSA) is 116 Å². The third-order valence-electron chi connectivity index (χ3n) is 2.10. The molecule has 7 nitrogen and oxygen atoms in total. The second kappa shape index (κ2) is 10.9. The molecule has 0 aliphatic heterocycles. The van der Waals surface area contributed by atoms with Gasteiger partial charge in [0.05, 0.1) is 33.4 Å². The Morgan fingerprint density at radius 2 is 1.50 bits per heavy atom. The van der Waals surface area contributed by atoms with E-state index in [-0.39, 0.29) is 12.8 Å². The number of amides is 1. The second-order valence-electron chi connectivity index (χ2n) is 3.38. The molecule has 7 heteroatoms. The summed E-state index contributed by atoms with van der Waals surface area (Å²) in [6.45, 7) is 2.22. The van der Waals surface area contributed by atoms with E-state index >= 15 is 0 Å². The van der Waals surface area contributed by atoms with Gasteiger partial charge < -0.3 is 25.4 Å². The summed E-state index contributed by atoms with van der Waals surface area (Å²) in [4.78, 5) is 22.0. The van der Waals surface area contributed by atoms with Gasteiger partial charge in [0.25, 0.3) is 0 Å². The summed E-state index contributed by atoms with van der Waals surface area (Å²) in [6.07, 6.45) is -0.227. The maximum atomic E-state index is 11.3. The summed E-state index contributed by atoms with van der Waals surface area (Å²) in [5.41, 5.74) is -1.45. The smallest absolute Gasteiger partial charge is 0.306 e. The van der Waals surface area contributed by atoms with Crippen LogP contribution in [0.1, 0.15) is 26.7 Å². The molecule has 4 N–H and O–H groups in total. The fourth-order valence-electron chi connectivity index (χ4n) is 0.944. The number of methoxy groups -OCH3 is 1. The fourth-order valence-corrected chi connectivity index (χ4v) is 0.944. The van der Waals surface area contributed by atoms with Crippen molar-refractivity contribution in [2.24, 2.45) is 0 Å². The van der Waals surface area contributed by atoms with Crippen molar-refractivity contribution in [2.75, 3.05) is 26.9 Å². The van der Waals surface area contributed by atoms with Crippen molar-refractivity contribution in [3.63, 3.8) is 0 Å². The molecule has 0 atom stereocenters. The van der Waals surface area contributed by atoms with Gasteiger partial charge in [-0.15, -0.1) is 0 Å². The van der Waals surface area contributed by atoms with E-state index in [9.17, 15) is 9.59 Å². The molecule has 0 unspecified atom stereocenters. The number of nitrogens with one attached hydrogen (secondary N) is 1. The average Bonchev–Trinajstić information content (AvgIpc) is 2.44. The van der Waals surface area contributed by atoms with Crippen LogP contribution in [-0.2, 0) is 14.3 Å². The van der Waals surface area contributed by atoms with Crippen molar-refractivity contribution in [3.05, 3.63) is 0 Å². The fraction of sp³-hybridized carbons (Fsp3) is 0.818. The van der Waals surface area contributed by atoms with E-state index in [0.717, 1.165) is 0 Å². The Balaban J connectivity index is 0. The predicted octanol–water partition coefficient (Wildman–Crippen LogP) is -1.20. The van der Waals surface area contributed by atoms with Crippen LogP contribution in [0.15, 0.2) is 0 Å². The highest BCUT2D eigenvalue weighted by molar-refractivity contribution is 5.81. The number of aliphatic hydroxyl groups excluding tert-OH is 3. The zero-order valence-electron chi connectivity index (χ0n) is 11.1. The maximum absolute atomic E-state index is 11.3. The number of ether oxygens (including phenoxy) is 1. The molecule has 0 radical (unpaired) electrons. The molecule has 0 bridgehead atoms. The van der Waals surface area contributed by atoms with Gasteiger partial charge in [-0.3, -0.25) is 9.59 Å². The van der Waals surface area contributed by atoms with Crippen molar-refractivity contribution >= 4 is 11.9 Å². The molecule has 0 saturated carbocycles. The third-order valence-corrected chi connectivity index (χ3v) is 2.10. The number of hydrogen-bond acceptors (Lipinski definition) is 6. The first-order valence-corrected chi connectivity index (χ1v) is 5.74. The predicted molar refractivity (Wildman–Crippen MR) is 64.7 cm³/mol. The van der Waals surface area contributed by atoms with E-state index in [1.54, 1.807) is 0 Å². The highest BCUT2D eigenvalue weighted by atomic mass is 16.5. The zero-order chi connectivity index (χ0) is 14.6. The Bertz CT molecular complexity index is 231. The highest BCUT2D eigenvalue weighted by Gasteiger charge is 2.29. The van der Waals surface area contributed by atoms with E-state index < -0.39 is 37.2 Å². The monoisotopic (exact) mass is 265 g/mol. The molecule has 0 aromatic rings. The van der Waals surface area contributed by atoms with Crippen molar-refractivity contribution in [2.45, 2.75) is 32.2 Å². The molecule has 0 aliphatic rings. The van der Waals surface area contributed by atoms with Crippen molar-refractivity contribution in [1.29, 1.82) is 0 Å². The summed E-state index contributed by atoms with van der Waals surface area (Å²) in [5, 5.41) is 29.0.